The number of carbonyl (C=O) groups excluding carboxylic acids is 1. The zero-order valence-corrected chi connectivity index (χ0v) is 15.3. The topological polar surface area (TPSA) is 92.3 Å². The molecule has 1 amide bonds. The molecule has 0 aliphatic heterocycles. The number of amides is 1. The Labute approximate surface area is 147 Å². The molecular formula is C13H15FN4O3S3. The van der Waals surface area contributed by atoms with Gasteiger partial charge >= 0.3 is 0 Å². The third kappa shape index (κ3) is 5.51. The van der Waals surface area contributed by atoms with Crippen LogP contribution in [-0.4, -0.2) is 48.7 Å². The van der Waals surface area contributed by atoms with E-state index in [9.17, 15) is 17.6 Å². The van der Waals surface area contributed by atoms with Crippen molar-refractivity contribution in [1.82, 2.24) is 14.5 Å². The molecule has 0 saturated heterocycles. The lowest BCUT2D eigenvalue weighted by atomic mass is 10.2. The van der Waals surface area contributed by atoms with Gasteiger partial charge in [0, 0.05) is 12.8 Å². The summed E-state index contributed by atoms with van der Waals surface area (Å²) in [6, 6.07) is 6.45. The second kappa shape index (κ2) is 8.01. The number of nitrogens with zero attached hydrogens (tertiary/aromatic N) is 3. The van der Waals surface area contributed by atoms with E-state index >= 15 is 0 Å². The second-order valence-electron chi connectivity index (χ2n) is 4.82. The van der Waals surface area contributed by atoms with E-state index in [1.165, 1.54) is 24.9 Å². The average Bonchev–Trinajstić information content (AvgIpc) is 2.92. The summed E-state index contributed by atoms with van der Waals surface area (Å²) in [4.78, 5) is 11.8. The minimum Gasteiger partial charge on any atom is -0.299 e. The Morgan fingerprint density at radius 3 is 2.75 bits per heavy atom. The number of hydrogen-bond donors (Lipinski definition) is 1. The third-order valence-corrected chi connectivity index (χ3v) is 6.18. The first-order valence-corrected chi connectivity index (χ1v) is 10.3. The van der Waals surface area contributed by atoms with E-state index in [-0.39, 0.29) is 17.5 Å². The van der Waals surface area contributed by atoms with E-state index in [1.54, 1.807) is 18.2 Å². The van der Waals surface area contributed by atoms with E-state index < -0.39 is 15.9 Å². The van der Waals surface area contributed by atoms with Gasteiger partial charge in [0.1, 0.15) is 5.82 Å². The molecule has 0 saturated carbocycles. The minimum absolute atomic E-state index is 0.262. The van der Waals surface area contributed by atoms with Crippen molar-refractivity contribution in [2.24, 2.45) is 0 Å². The van der Waals surface area contributed by atoms with Crippen LogP contribution in [0.4, 0.5) is 9.52 Å². The highest BCUT2D eigenvalue weighted by Gasteiger charge is 2.16. The van der Waals surface area contributed by atoms with E-state index in [0.29, 0.717) is 15.7 Å². The Bertz CT molecular complexity index is 825. The molecule has 7 nitrogen and oxygen atoms in total. The van der Waals surface area contributed by atoms with Gasteiger partial charge in [0.2, 0.25) is 21.1 Å². The number of sulfonamides is 1. The Morgan fingerprint density at radius 2 is 2.08 bits per heavy atom. The van der Waals surface area contributed by atoms with Crippen LogP contribution >= 0.6 is 23.1 Å². The maximum atomic E-state index is 13.5. The lowest BCUT2D eigenvalue weighted by molar-refractivity contribution is -0.116. The van der Waals surface area contributed by atoms with E-state index in [4.69, 9.17) is 0 Å². The Hall–Kier alpha value is -1.56. The van der Waals surface area contributed by atoms with Gasteiger partial charge in [-0.3, -0.25) is 10.1 Å². The fourth-order valence-electron chi connectivity index (χ4n) is 1.55. The number of nitrogens with one attached hydrogen (secondary N) is 1. The number of hydrogen-bond acceptors (Lipinski definition) is 7. The van der Waals surface area contributed by atoms with Gasteiger partial charge in [-0.2, -0.15) is 4.31 Å². The van der Waals surface area contributed by atoms with Crippen LogP contribution in [0.3, 0.4) is 0 Å². The summed E-state index contributed by atoms with van der Waals surface area (Å²) in [5.74, 6) is -0.400. The molecule has 11 heteroatoms. The van der Waals surface area contributed by atoms with Crippen molar-refractivity contribution < 1.29 is 17.6 Å². The van der Waals surface area contributed by atoms with Gasteiger partial charge in [-0.1, -0.05) is 41.3 Å². The Morgan fingerprint density at radius 1 is 1.38 bits per heavy atom. The molecular weight excluding hydrogens is 375 g/mol. The van der Waals surface area contributed by atoms with E-state index in [0.717, 1.165) is 21.9 Å². The summed E-state index contributed by atoms with van der Waals surface area (Å²) in [6.07, 6.45) is 1.02. The highest BCUT2D eigenvalue weighted by atomic mass is 32.2. The molecule has 0 aliphatic rings. The lowest BCUT2D eigenvalue weighted by Crippen LogP contribution is -2.34. The fourth-order valence-corrected chi connectivity index (χ4v) is 3.66. The number of thioether (sulfide) groups is 1. The highest BCUT2D eigenvalue weighted by molar-refractivity contribution is 8.00. The normalized spacial score (nSPS) is 11.7. The molecule has 0 atom stereocenters. The lowest BCUT2D eigenvalue weighted by Gasteiger charge is -2.12. The molecule has 0 aliphatic carbocycles. The molecule has 1 aromatic heterocycles. The molecule has 130 valence electrons. The summed E-state index contributed by atoms with van der Waals surface area (Å²) in [6.45, 7) is -0.309. The van der Waals surface area contributed by atoms with Crippen molar-refractivity contribution in [1.29, 1.82) is 0 Å². The van der Waals surface area contributed by atoms with E-state index in [2.05, 4.69) is 15.5 Å². The van der Waals surface area contributed by atoms with Gasteiger partial charge < -0.3 is 0 Å². The fraction of sp³-hybridized carbons (Fsp3) is 0.308. The van der Waals surface area contributed by atoms with Crippen molar-refractivity contribution >= 4 is 44.2 Å². The number of likely N-dealkylation sites (N-methyl/N-ethyl adjacent to an activating group) is 1. The van der Waals surface area contributed by atoms with Gasteiger partial charge in [0.25, 0.3) is 0 Å². The van der Waals surface area contributed by atoms with Crippen LogP contribution < -0.4 is 5.32 Å². The molecule has 2 rings (SSSR count). The predicted molar refractivity (Wildman–Crippen MR) is 92.0 cm³/mol. The van der Waals surface area contributed by atoms with Crippen molar-refractivity contribution in [2.75, 3.05) is 25.2 Å². The molecule has 0 unspecified atom stereocenters. The summed E-state index contributed by atoms with van der Waals surface area (Å²) in [7, 11) is -2.12. The number of carbonyl (C=O) groups is 1. The molecule has 24 heavy (non-hydrogen) atoms. The van der Waals surface area contributed by atoms with E-state index in [1.807, 2.05) is 0 Å². The van der Waals surface area contributed by atoms with Crippen LogP contribution in [0.1, 0.15) is 5.56 Å². The third-order valence-electron chi connectivity index (χ3n) is 2.89. The monoisotopic (exact) mass is 390 g/mol. The van der Waals surface area contributed by atoms with Gasteiger partial charge in [-0.25, -0.2) is 12.8 Å². The first kappa shape index (κ1) is 18.8. The Kier molecular flexibility index (Phi) is 6.27. The molecule has 2 aromatic rings. The number of rotatable bonds is 7. The van der Waals surface area contributed by atoms with Crippen molar-refractivity contribution in [3.63, 3.8) is 0 Å². The van der Waals surface area contributed by atoms with Crippen LogP contribution in [0.25, 0.3) is 0 Å². The summed E-state index contributed by atoms with van der Waals surface area (Å²) >= 11 is 2.44. The molecule has 0 radical (unpaired) electrons. The molecule has 0 spiro atoms. The standard InChI is InChI=1S/C13H15FN4O3S3/c1-18(24(2,20)21)7-11(19)15-12-16-17-13(23-12)22-8-9-5-3-4-6-10(9)14/h3-6H,7-8H2,1-2H3,(H,15,16,19). The minimum atomic E-state index is -3.43. The molecule has 0 fully saturated rings. The van der Waals surface area contributed by atoms with Crippen LogP contribution in [0.2, 0.25) is 0 Å². The number of halogens is 1. The van der Waals surface area contributed by atoms with Gasteiger partial charge in [0.15, 0.2) is 4.34 Å². The SMILES string of the molecule is CN(CC(=O)Nc1nnc(SCc2ccccc2F)s1)S(C)(=O)=O. The molecule has 1 aromatic carbocycles. The first-order valence-electron chi connectivity index (χ1n) is 6.66. The highest BCUT2D eigenvalue weighted by Crippen LogP contribution is 2.28. The summed E-state index contributed by atoms with van der Waals surface area (Å²) < 4.78 is 37.5. The first-order chi connectivity index (χ1) is 11.3. The quantitative estimate of drug-likeness (QED) is 0.572. The predicted octanol–water partition coefficient (Wildman–Crippen LogP) is 1.80. The molecule has 0 bridgehead atoms. The van der Waals surface area contributed by atoms with Crippen LogP contribution in [0.15, 0.2) is 28.6 Å². The molecule has 1 heterocycles. The Balaban J connectivity index is 1.89. The summed E-state index contributed by atoms with van der Waals surface area (Å²) in [5, 5.41) is 10.5. The van der Waals surface area contributed by atoms with Crippen LogP contribution in [0.5, 0.6) is 0 Å². The largest absolute Gasteiger partial charge is 0.299 e. The number of anilines is 1. The maximum Gasteiger partial charge on any atom is 0.241 e. The average molecular weight is 390 g/mol. The second-order valence-corrected chi connectivity index (χ2v) is 9.11. The van der Waals surface area contributed by atoms with Gasteiger partial charge in [-0.05, 0) is 11.6 Å². The maximum absolute atomic E-state index is 13.5. The zero-order chi connectivity index (χ0) is 17.7. The van der Waals surface area contributed by atoms with Gasteiger partial charge in [-0.15, -0.1) is 10.2 Å². The number of aromatic nitrogens is 2. The number of benzene rings is 1. The van der Waals surface area contributed by atoms with Crippen molar-refractivity contribution in [2.45, 2.75) is 10.1 Å². The smallest absolute Gasteiger partial charge is 0.241 e. The van der Waals surface area contributed by atoms with Crippen LogP contribution in [-0.2, 0) is 20.6 Å². The van der Waals surface area contributed by atoms with Crippen LogP contribution in [0, 0.1) is 5.82 Å². The van der Waals surface area contributed by atoms with Gasteiger partial charge in [0.05, 0.1) is 12.8 Å². The zero-order valence-electron chi connectivity index (χ0n) is 12.9. The van der Waals surface area contributed by atoms with Crippen molar-refractivity contribution in [3.05, 3.63) is 35.6 Å². The summed E-state index contributed by atoms with van der Waals surface area (Å²) in [5.41, 5.74) is 0.554. The van der Waals surface area contributed by atoms with Crippen molar-refractivity contribution in [3.8, 4) is 0 Å². The molecule has 1 N–H and O–H groups in total.